The van der Waals surface area contributed by atoms with Crippen molar-refractivity contribution in [2.45, 2.75) is 78.2 Å². The van der Waals surface area contributed by atoms with Crippen LogP contribution in [0.1, 0.15) is 0 Å². The maximum Gasteiger partial charge on any atom is 0.619 e. The summed E-state index contributed by atoms with van der Waals surface area (Å²) in [6.07, 6.45) is -82.8. The molecular weight excluding hydrogens is 802 g/mol. The van der Waals surface area contributed by atoms with E-state index in [1.165, 1.54) is 0 Å². The van der Waals surface area contributed by atoms with E-state index in [1.807, 2.05) is 0 Å². The second-order valence-electron chi connectivity index (χ2n) is 7.88. The normalized spacial score (nSPS) is 17.0. The number of halogens is 30. The molecule has 0 atom stereocenters. The average molecular weight is 802 g/mol. The lowest BCUT2D eigenvalue weighted by atomic mass is 10.0. The molecule has 3 nitrogen and oxygen atoms in total. The van der Waals surface area contributed by atoms with Crippen LogP contribution in [0.15, 0.2) is 0 Å². The number of rotatable bonds is 6. The third kappa shape index (κ3) is 6.91. The third-order valence-electron chi connectivity index (χ3n) is 4.80. The van der Waals surface area contributed by atoms with Crippen LogP contribution in [-0.4, -0.2) is 87.0 Å². The molecule has 0 amide bonds. The highest BCUT2D eigenvalue weighted by Gasteiger charge is 2.98. The Kier molecular flexibility index (Phi) is 10.8. The fourth-order valence-electron chi connectivity index (χ4n) is 2.81. The lowest BCUT2D eigenvalue weighted by Crippen LogP contribution is -2.83. The summed E-state index contributed by atoms with van der Waals surface area (Å²) in [5.74, 6) is -9.49. The lowest BCUT2D eigenvalue weighted by molar-refractivity contribution is -0.483. The molecule has 0 radical (unpaired) electrons. The van der Waals surface area contributed by atoms with Gasteiger partial charge in [0.2, 0.25) is 0 Å². The zero-order chi connectivity index (χ0) is 39.1. The second-order valence-corrected chi connectivity index (χ2v) is 10.2. The molecule has 34 heteroatoms. The molecule has 284 valence electrons. The van der Waals surface area contributed by atoms with Crippen LogP contribution in [0.25, 0.3) is 0 Å². The Morgan fingerprint density at radius 1 is 0.213 bits per heavy atom. The Hall–Kier alpha value is -2.00. The maximum atomic E-state index is 13.8. The van der Waals surface area contributed by atoms with Gasteiger partial charge in [-0.2, -0.15) is 132 Å². The molecule has 0 spiro atoms. The molecular formula is C13F30O3Si. The van der Waals surface area contributed by atoms with Gasteiger partial charge in [0.15, 0.2) is 0 Å². The highest BCUT2D eigenvalue weighted by Crippen LogP contribution is 2.64. The van der Waals surface area contributed by atoms with Gasteiger partial charge >= 0.3 is 87.0 Å². The maximum absolute atomic E-state index is 13.8. The summed E-state index contributed by atoms with van der Waals surface area (Å²) in [6, 6.07) is 0. The van der Waals surface area contributed by atoms with Gasteiger partial charge < -0.3 is 13.3 Å². The van der Waals surface area contributed by atoms with Crippen LogP contribution in [0.4, 0.5) is 132 Å². The molecule has 47 heavy (non-hydrogen) atoms. The van der Waals surface area contributed by atoms with Gasteiger partial charge in [0.25, 0.3) is 0 Å². The Morgan fingerprint density at radius 2 is 0.319 bits per heavy atom. The van der Waals surface area contributed by atoms with Crippen LogP contribution >= 0.6 is 0 Å². The van der Waals surface area contributed by atoms with E-state index in [4.69, 9.17) is 0 Å². The van der Waals surface area contributed by atoms with Crippen LogP contribution in [0, 0.1) is 0 Å². The van der Waals surface area contributed by atoms with E-state index < -0.39 is 87.0 Å². The Bertz CT molecular complexity index is 844. The lowest BCUT2D eigenvalue weighted by Gasteiger charge is -2.50. The average Bonchev–Trinajstić information content (AvgIpc) is 2.63. The minimum absolute atomic E-state index is 0.960. The van der Waals surface area contributed by atoms with E-state index in [1.54, 1.807) is 0 Å². The van der Waals surface area contributed by atoms with E-state index in [0.717, 1.165) is 13.3 Å². The Labute approximate surface area is 233 Å². The summed E-state index contributed by atoms with van der Waals surface area (Å²) in [7, 11) is -12.4. The molecule has 0 saturated heterocycles. The summed E-state index contributed by atoms with van der Waals surface area (Å²) < 4.78 is 401. The first-order valence-corrected chi connectivity index (χ1v) is 11.1. The molecule has 0 aromatic carbocycles. The van der Waals surface area contributed by atoms with Gasteiger partial charge in [0.05, 0.1) is 0 Å². The predicted octanol–water partition coefficient (Wildman–Crippen LogP) is 9.35. The summed E-state index contributed by atoms with van der Waals surface area (Å²) in [5.41, 5.74) is -28.7. The van der Waals surface area contributed by atoms with Crippen molar-refractivity contribution in [2.75, 3.05) is 0 Å². The number of alkyl halides is 30. The highest BCUT2D eigenvalue weighted by molar-refractivity contribution is 6.63. The van der Waals surface area contributed by atoms with Gasteiger partial charge in [-0.15, -0.1) is 0 Å². The summed E-state index contributed by atoms with van der Waals surface area (Å²) in [4.78, 5) is 0. The first-order chi connectivity index (χ1) is 19.6. The largest absolute Gasteiger partial charge is 0.619 e. The van der Waals surface area contributed by atoms with E-state index in [9.17, 15) is 132 Å². The molecule has 0 aromatic heterocycles. The molecule has 0 aliphatic carbocycles. The van der Waals surface area contributed by atoms with Gasteiger partial charge in [0.1, 0.15) is 0 Å². The van der Waals surface area contributed by atoms with Crippen molar-refractivity contribution in [1.29, 1.82) is 0 Å². The number of hydrogen-bond acceptors (Lipinski definition) is 3. The van der Waals surface area contributed by atoms with E-state index in [0.29, 0.717) is 0 Å². The molecule has 0 rings (SSSR count). The third-order valence-corrected chi connectivity index (χ3v) is 7.22. The van der Waals surface area contributed by atoms with Crippen LogP contribution in [0.5, 0.6) is 0 Å². The fraction of sp³-hybridized carbons (Fsp3) is 1.00. The molecule has 0 bridgehead atoms. The molecule has 0 N–H and O–H groups in total. The smallest absolute Gasteiger partial charge is 0.338 e. The molecule has 0 saturated carbocycles. The van der Waals surface area contributed by atoms with Crippen molar-refractivity contribution in [2.24, 2.45) is 0 Å². The van der Waals surface area contributed by atoms with Crippen molar-refractivity contribution in [1.82, 2.24) is 0 Å². The van der Waals surface area contributed by atoms with Gasteiger partial charge in [0, 0.05) is 0 Å². The van der Waals surface area contributed by atoms with Crippen molar-refractivity contribution >= 4 is 8.80 Å². The zero-order valence-electron chi connectivity index (χ0n) is 19.6. The van der Waals surface area contributed by atoms with Gasteiger partial charge in [-0.05, 0) is 0 Å². The van der Waals surface area contributed by atoms with Crippen molar-refractivity contribution in [3.8, 4) is 0 Å². The van der Waals surface area contributed by atoms with Crippen molar-refractivity contribution < 1.29 is 145 Å². The van der Waals surface area contributed by atoms with Crippen LogP contribution in [0.3, 0.4) is 0 Å². The van der Waals surface area contributed by atoms with Crippen LogP contribution < -0.4 is 0 Å². The Balaban J connectivity index is 9.47. The van der Waals surface area contributed by atoms with Gasteiger partial charge in [-0.25, -0.2) is 0 Å². The van der Waals surface area contributed by atoms with Crippen molar-refractivity contribution in [3.05, 3.63) is 0 Å². The molecule has 0 aromatic rings. The van der Waals surface area contributed by atoms with Crippen molar-refractivity contribution in [3.63, 3.8) is 0 Å². The molecule has 0 unspecified atom stereocenters. The van der Waals surface area contributed by atoms with E-state index in [2.05, 4.69) is 0 Å². The van der Waals surface area contributed by atoms with Crippen LogP contribution in [0.2, 0.25) is 0 Å². The minimum Gasteiger partial charge on any atom is -0.338 e. The minimum atomic E-state index is -12.4. The SMILES string of the molecule is FC(F)(F)C(O[Si](OC(C(F)(F)F)(C(F)(F)F)C(F)(F)F)(OC(C(F)(F)F)(C(F)(F)F)C(F)(F)F)C(F)(F)F)(C(F)(F)F)C(F)(F)F. The fourth-order valence-corrected chi connectivity index (χ4v) is 5.53. The van der Waals surface area contributed by atoms with Crippen LogP contribution in [-0.2, 0) is 13.3 Å². The monoisotopic (exact) mass is 802 g/mol. The topological polar surface area (TPSA) is 27.7 Å². The molecule has 0 aliphatic rings. The van der Waals surface area contributed by atoms with Gasteiger partial charge in [-0.3, -0.25) is 0 Å². The second kappa shape index (κ2) is 11.3. The predicted molar refractivity (Wildman–Crippen MR) is 77.8 cm³/mol. The molecule has 0 aliphatic heterocycles. The molecule has 0 heterocycles. The quantitative estimate of drug-likeness (QED) is 0.198. The standard InChI is InChI=1S/C13F30O3Si/c14-4(15,16)1(5(17,18)19,6(20,21)22)44-47(13(41,42)43,45-2(7(23,24)25,8(26,27)28)9(29,30)31)46-3(10(32,33)34,11(35,36)37)12(38,39)40. The summed E-state index contributed by atoms with van der Waals surface area (Å²) in [6.45, 7) is 0. The zero-order valence-corrected chi connectivity index (χ0v) is 20.6. The number of hydrogen-bond donors (Lipinski definition) is 0. The van der Waals surface area contributed by atoms with Gasteiger partial charge in [-0.1, -0.05) is 0 Å². The summed E-state index contributed by atoms with van der Waals surface area (Å²) in [5, 5.41) is 0. The van der Waals surface area contributed by atoms with E-state index >= 15 is 0 Å². The van der Waals surface area contributed by atoms with E-state index in [-0.39, 0.29) is 0 Å². The first kappa shape index (κ1) is 45.0. The molecule has 0 fully saturated rings. The first-order valence-electron chi connectivity index (χ1n) is 9.39. The summed E-state index contributed by atoms with van der Waals surface area (Å²) >= 11 is 0. The highest BCUT2D eigenvalue weighted by atomic mass is 28.4. The Morgan fingerprint density at radius 3 is 0.383 bits per heavy atom.